The summed E-state index contributed by atoms with van der Waals surface area (Å²) in [6.07, 6.45) is 3.35. The molecule has 1 saturated heterocycles. The number of hydrogen-bond acceptors (Lipinski definition) is 4. The van der Waals surface area contributed by atoms with Gasteiger partial charge in [-0.1, -0.05) is 12.5 Å². The van der Waals surface area contributed by atoms with Crippen LogP contribution in [-0.2, 0) is 6.54 Å². The van der Waals surface area contributed by atoms with Crippen LogP contribution in [0.2, 0.25) is 0 Å². The molecule has 1 aliphatic heterocycles. The Kier molecular flexibility index (Phi) is 4.44. The number of nitrogens with zero attached hydrogens (tertiary/aromatic N) is 2. The molecule has 1 aliphatic rings. The van der Waals surface area contributed by atoms with Crippen LogP contribution in [-0.4, -0.2) is 29.0 Å². The Morgan fingerprint density at radius 1 is 1.47 bits per heavy atom. The van der Waals surface area contributed by atoms with Gasteiger partial charge in [0.25, 0.3) is 0 Å². The zero-order valence-electron chi connectivity index (χ0n) is 10.7. The lowest BCUT2D eigenvalue weighted by molar-refractivity contribution is -0.387. The Hall–Kier alpha value is -1.53. The molecular formula is C13H18FN3O2. The van der Waals surface area contributed by atoms with Crippen molar-refractivity contribution in [3.63, 3.8) is 0 Å². The van der Waals surface area contributed by atoms with Crippen molar-refractivity contribution in [3.8, 4) is 0 Å². The molecule has 0 aliphatic carbocycles. The molecule has 1 aromatic rings. The second-order valence-electron chi connectivity index (χ2n) is 4.90. The van der Waals surface area contributed by atoms with E-state index in [4.69, 9.17) is 5.73 Å². The molecule has 0 bridgehead atoms. The van der Waals surface area contributed by atoms with Crippen LogP contribution in [0, 0.1) is 15.9 Å². The van der Waals surface area contributed by atoms with Crippen LogP contribution in [0.15, 0.2) is 18.2 Å². The maximum atomic E-state index is 13.5. The third kappa shape index (κ3) is 3.27. The average Bonchev–Trinajstić information content (AvgIpc) is 2.39. The zero-order valence-corrected chi connectivity index (χ0v) is 10.7. The minimum Gasteiger partial charge on any atom is -0.329 e. The van der Waals surface area contributed by atoms with Crippen LogP contribution in [0.5, 0.6) is 0 Å². The summed E-state index contributed by atoms with van der Waals surface area (Å²) >= 11 is 0. The second-order valence-corrected chi connectivity index (χ2v) is 4.90. The fraction of sp³-hybridized carbons (Fsp3) is 0.538. The van der Waals surface area contributed by atoms with Gasteiger partial charge in [-0.05, 0) is 31.0 Å². The quantitative estimate of drug-likeness (QED) is 0.669. The zero-order chi connectivity index (χ0) is 13.8. The van der Waals surface area contributed by atoms with E-state index in [-0.39, 0.29) is 0 Å². The molecule has 2 rings (SSSR count). The van der Waals surface area contributed by atoms with E-state index < -0.39 is 16.4 Å². The Bertz CT molecular complexity index is 467. The summed E-state index contributed by atoms with van der Waals surface area (Å²) in [5.41, 5.74) is 6.01. The highest BCUT2D eigenvalue weighted by atomic mass is 19.1. The van der Waals surface area contributed by atoms with Crippen molar-refractivity contribution in [1.29, 1.82) is 0 Å². The van der Waals surface area contributed by atoms with Crippen molar-refractivity contribution in [1.82, 2.24) is 4.90 Å². The Morgan fingerprint density at radius 2 is 2.26 bits per heavy atom. The molecule has 0 saturated carbocycles. The standard InChI is InChI=1S/C13H18FN3O2/c14-12-7-10(4-5-13(12)17(18)19)9-16-6-2-1-3-11(16)8-15/h4-5,7,11H,1-3,6,8-9,15H2. The number of hydrogen-bond donors (Lipinski definition) is 1. The molecule has 19 heavy (non-hydrogen) atoms. The van der Waals surface area contributed by atoms with Gasteiger partial charge in [0.1, 0.15) is 0 Å². The van der Waals surface area contributed by atoms with Crippen molar-refractivity contribution >= 4 is 5.69 Å². The van der Waals surface area contributed by atoms with E-state index in [1.54, 1.807) is 6.07 Å². The number of nitrogens with two attached hydrogens (primary N) is 1. The molecule has 1 heterocycles. The van der Waals surface area contributed by atoms with Crippen LogP contribution < -0.4 is 5.73 Å². The van der Waals surface area contributed by atoms with Gasteiger partial charge in [-0.15, -0.1) is 0 Å². The summed E-state index contributed by atoms with van der Waals surface area (Å²) in [5, 5.41) is 10.6. The van der Waals surface area contributed by atoms with Crippen LogP contribution in [0.4, 0.5) is 10.1 Å². The predicted octanol–water partition coefficient (Wildman–Crippen LogP) is 2.05. The predicted molar refractivity (Wildman–Crippen MR) is 70.2 cm³/mol. The number of halogens is 1. The van der Waals surface area contributed by atoms with Crippen LogP contribution in [0.25, 0.3) is 0 Å². The first-order valence-corrected chi connectivity index (χ1v) is 6.48. The number of nitro groups is 1. The maximum Gasteiger partial charge on any atom is 0.304 e. The molecule has 0 amide bonds. The van der Waals surface area contributed by atoms with Crippen LogP contribution >= 0.6 is 0 Å². The van der Waals surface area contributed by atoms with Gasteiger partial charge < -0.3 is 5.73 Å². The van der Waals surface area contributed by atoms with Gasteiger partial charge in [0.05, 0.1) is 4.92 Å². The van der Waals surface area contributed by atoms with E-state index in [9.17, 15) is 14.5 Å². The fourth-order valence-corrected chi connectivity index (χ4v) is 2.57. The minimum atomic E-state index is -0.774. The number of nitro benzene ring substituents is 1. The molecule has 0 spiro atoms. The van der Waals surface area contributed by atoms with Gasteiger partial charge in [-0.3, -0.25) is 15.0 Å². The number of piperidine rings is 1. The van der Waals surface area contributed by atoms with Crippen molar-refractivity contribution in [3.05, 3.63) is 39.7 Å². The molecule has 2 N–H and O–H groups in total. The summed E-state index contributed by atoms with van der Waals surface area (Å²) in [6.45, 7) is 2.13. The summed E-state index contributed by atoms with van der Waals surface area (Å²) in [5.74, 6) is -0.774. The number of benzene rings is 1. The fourth-order valence-electron chi connectivity index (χ4n) is 2.57. The molecule has 5 nitrogen and oxygen atoms in total. The summed E-state index contributed by atoms with van der Waals surface area (Å²) in [6, 6.07) is 4.42. The van der Waals surface area contributed by atoms with Crippen LogP contribution in [0.1, 0.15) is 24.8 Å². The molecule has 104 valence electrons. The van der Waals surface area contributed by atoms with E-state index in [0.717, 1.165) is 24.9 Å². The SMILES string of the molecule is NCC1CCCCN1Cc1ccc([N+](=O)[O-])c(F)c1. The first-order chi connectivity index (χ1) is 9.11. The van der Waals surface area contributed by atoms with Gasteiger partial charge in [-0.25, -0.2) is 0 Å². The van der Waals surface area contributed by atoms with Crippen LogP contribution in [0.3, 0.4) is 0 Å². The van der Waals surface area contributed by atoms with E-state index in [1.165, 1.54) is 18.6 Å². The summed E-state index contributed by atoms with van der Waals surface area (Å²) < 4.78 is 13.5. The Labute approximate surface area is 111 Å². The molecule has 1 aromatic carbocycles. The van der Waals surface area contributed by atoms with E-state index in [1.807, 2.05) is 0 Å². The number of rotatable bonds is 4. The van der Waals surface area contributed by atoms with Crippen molar-refractivity contribution in [2.45, 2.75) is 31.8 Å². The highest BCUT2D eigenvalue weighted by molar-refractivity contribution is 5.35. The molecule has 1 fully saturated rings. The Morgan fingerprint density at radius 3 is 2.89 bits per heavy atom. The van der Waals surface area contributed by atoms with Gasteiger partial charge in [0, 0.05) is 25.2 Å². The monoisotopic (exact) mass is 267 g/mol. The smallest absolute Gasteiger partial charge is 0.304 e. The molecule has 1 atom stereocenters. The largest absolute Gasteiger partial charge is 0.329 e. The molecule has 1 unspecified atom stereocenters. The first kappa shape index (κ1) is 13.9. The third-order valence-corrected chi connectivity index (χ3v) is 3.62. The normalized spacial score (nSPS) is 20.4. The summed E-state index contributed by atoms with van der Waals surface area (Å²) in [4.78, 5) is 12.1. The van der Waals surface area contributed by atoms with Crippen molar-refractivity contribution < 1.29 is 9.31 Å². The second kappa shape index (κ2) is 6.08. The van der Waals surface area contributed by atoms with Crippen molar-refractivity contribution in [2.24, 2.45) is 5.73 Å². The number of likely N-dealkylation sites (tertiary alicyclic amines) is 1. The lowest BCUT2D eigenvalue weighted by Crippen LogP contribution is -2.43. The van der Waals surface area contributed by atoms with E-state index in [2.05, 4.69) is 4.90 Å². The first-order valence-electron chi connectivity index (χ1n) is 6.48. The maximum absolute atomic E-state index is 13.5. The summed E-state index contributed by atoms with van der Waals surface area (Å²) in [7, 11) is 0. The lowest BCUT2D eigenvalue weighted by Gasteiger charge is -2.34. The highest BCUT2D eigenvalue weighted by Gasteiger charge is 2.22. The molecular weight excluding hydrogens is 249 g/mol. The highest BCUT2D eigenvalue weighted by Crippen LogP contribution is 2.22. The van der Waals surface area contributed by atoms with Gasteiger partial charge in [-0.2, -0.15) is 4.39 Å². The third-order valence-electron chi connectivity index (χ3n) is 3.62. The minimum absolute atomic E-state index is 0.326. The Balaban J connectivity index is 2.10. The van der Waals surface area contributed by atoms with Gasteiger partial charge in [0.2, 0.25) is 5.82 Å². The van der Waals surface area contributed by atoms with Gasteiger partial charge >= 0.3 is 5.69 Å². The molecule has 6 heteroatoms. The molecule has 0 aromatic heterocycles. The topological polar surface area (TPSA) is 72.4 Å². The lowest BCUT2D eigenvalue weighted by atomic mass is 10.0. The van der Waals surface area contributed by atoms with E-state index >= 15 is 0 Å². The van der Waals surface area contributed by atoms with Gasteiger partial charge in [0.15, 0.2) is 0 Å². The molecule has 0 radical (unpaired) electrons. The van der Waals surface area contributed by atoms with Crippen molar-refractivity contribution in [2.75, 3.05) is 13.1 Å². The average molecular weight is 267 g/mol. The van der Waals surface area contributed by atoms with E-state index in [0.29, 0.717) is 19.1 Å².